The van der Waals surface area contributed by atoms with Crippen LogP contribution in [0.15, 0.2) is 30.3 Å². The average molecular weight is 394 g/mol. The smallest absolute Gasteiger partial charge is 0.312 e. The minimum Gasteiger partial charge on any atom is -0.395 e. The highest BCUT2D eigenvalue weighted by Gasteiger charge is 2.22. The fourth-order valence-electron chi connectivity index (χ4n) is 2.63. The van der Waals surface area contributed by atoms with E-state index in [1.165, 1.54) is 0 Å². The summed E-state index contributed by atoms with van der Waals surface area (Å²) in [6.07, 6.45) is 1.00. The summed E-state index contributed by atoms with van der Waals surface area (Å²) in [7, 11) is 0. The van der Waals surface area contributed by atoms with Crippen LogP contribution >= 0.6 is 0 Å². The first-order chi connectivity index (χ1) is 13.4. The number of carbonyl (C=O) groups is 3. The van der Waals surface area contributed by atoms with Crippen LogP contribution in [0.25, 0.3) is 0 Å². The van der Waals surface area contributed by atoms with Crippen molar-refractivity contribution in [2.45, 2.75) is 44.2 Å². The van der Waals surface area contributed by atoms with Crippen molar-refractivity contribution in [2.24, 2.45) is 5.73 Å². The molecule has 156 valence electrons. The average Bonchev–Trinajstić information content (AvgIpc) is 2.68. The van der Waals surface area contributed by atoms with E-state index in [-0.39, 0.29) is 19.7 Å². The molecule has 0 heterocycles. The van der Waals surface area contributed by atoms with E-state index in [2.05, 4.69) is 16.0 Å². The number of hydrogen-bond donors (Lipinski definition) is 6. The van der Waals surface area contributed by atoms with Crippen molar-refractivity contribution in [1.82, 2.24) is 16.0 Å². The van der Waals surface area contributed by atoms with Gasteiger partial charge in [-0.1, -0.05) is 50.1 Å². The Balaban J connectivity index is 2.46. The van der Waals surface area contributed by atoms with Gasteiger partial charge in [-0.05, 0) is 12.0 Å². The number of carbonyl (C=O) groups excluding carboxylic acids is 3. The molecule has 0 aliphatic heterocycles. The molecule has 0 bridgehead atoms. The lowest BCUT2D eigenvalue weighted by atomic mass is 9.99. The van der Waals surface area contributed by atoms with Crippen molar-refractivity contribution in [1.29, 1.82) is 0 Å². The quantitative estimate of drug-likeness (QED) is 0.284. The van der Waals surface area contributed by atoms with Crippen molar-refractivity contribution < 1.29 is 24.6 Å². The number of urea groups is 1. The highest BCUT2D eigenvalue weighted by Crippen LogP contribution is 2.14. The van der Waals surface area contributed by atoms with Crippen molar-refractivity contribution in [3.05, 3.63) is 35.9 Å². The van der Waals surface area contributed by atoms with Crippen LogP contribution in [0.1, 0.15) is 37.7 Å². The van der Waals surface area contributed by atoms with Crippen LogP contribution in [-0.2, 0) is 9.59 Å². The summed E-state index contributed by atoms with van der Waals surface area (Å²) < 4.78 is 0. The normalized spacial score (nSPS) is 13.8. The van der Waals surface area contributed by atoms with Gasteiger partial charge in [0.2, 0.25) is 11.8 Å². The number of nitrogens with one attached hydrogen (secondary N) is 3. The largest absolute Gasteiger partial charge is 0.395 e. The van der Waals surface area contributed by atoms with E-state index in [1.807, 2.05) is 13.0 Å². The molecule has 0 spiro atoms. The molecule has 7 N–H and O–H groups in total. The maximum absolute atomic E-state index is 12.2. The lowest BCUT2D eigenvalue weighted by molar-refractivity contribution is -0.123. The summed E-state index contributed by atoms with van der Waals surface area (Å²) >= 11 is 0. The van der Waals surface area contributed by atoms with E-state index in [1.54, 1.807) is 24.3 Å². The molecule has 0 aliphatic rings. The molecule has 1 aromatic rings. The number of primary amides is 1. The molecule has 3 unspecified atom stereocenters. The van der Waals surface area contributed by atoms with Gasteiger partial charge in [0, 0.05) is 13.1 Å². The van der Waals surface area contributed by atoms with Gasteiger partial charge < -0.3 is 31.9 Å². The van der Waals surface area contributed by atoms with Crippen LogP contribution in [0, 0.1) is 0 Å². The molecule has 3 atom stereocenters. The molecule has 28 heavy (non-hydrogen) atoms. The summed E-state index contributed by atoms with van der Waals surface area (Å²) in [5, 5.41) is 27.0. The molecule has 9 nitrogen and oxygen atoms in total. The zero-order chi connectivity index (χ0) is 20.9. The van der Waals surface area contributed by atoms with Crippen LogP contribution in [0.3, 0.4) is 0 Å². The zero-order valence-corrected chi connectivity index (χ0v) is 16.1. The number of nitrogens with two attached hydrogens (primary N) is 1. The topological polar surface area (TPSA) is 154 Å². The maximum atomic E-state index is 12.2. The second-order valence-electron chi connectivity index (χ2n) is 6.49. The first kappa shape index (κ1) is 23.4. The third-order valence-electron chi connectivity index (χ3n) is 4.20. The lowest BCUT2D eigenvalue weighted by Gasteiger charge is -2.20. The highest BCUT2D eigenvalue weighted by atomic mass is 16.3. The summed E-state index contributed by atoms with van der Waals surface area (Å²) in [6.45, 7) is 1.41. The van der Waals surface area contributed by atoms with E-state index in [0.29, 0.717) is 12.0 Å². The van der Waals surface area contributed by atoms with Gasteiger partial charge >= 0.3 is 6.03 Å². The van der Waals surface area contributed by atoms with Crippen molar-refractivity contribution in [3.8, 4) is 0 Å². The molecule has 0 fully saturated rings. The molecular weight excluding hydrogens is 364 g/mol. The van der Waals surface area contributed by atoms with E-state index in [9.17, 15) is 24.6 Å². The van der Waals surface area contributed by atoms with Gasteiger partial charge in [0.15, 0.2) is 0 Å². The van der Waals surface area contributed by atoms with Gasteiger partial charge in [-0.25, -0.2) is 4.79 Å². The Hall–Kier alpha value is -2.65. The maximum Gasteiger partial charge on any atom is 0.312 e. The Bertz CT molecular complexity index is 626. The van der Waals surface area contributed by atoms with Crippen molar-refractivity contribution in [3.63, 3.8) is 0 Å². The molecule has 0 saturated carbocycles. The van der Waals surface area contributed by atoms with Gasteiger partial charge in [0.1, 0.15) is 6.04 Å². The molecule has 4 amide bonds. The molecular formula is C19H30N4O5. The van der Waals surface area contributed by atoms with Gasteiger partial charge in [-0.15, -0.1) is 0 Å². The van der Waals surface area contributed by atoms with E-state index < -0.39 is 35.9 Å². The monoisotopic (exact) mass is 394 g/mol. The predicted molar refractivity (Wildman–Crippen MR) is 104 cm³/mol. The van der Waals surface area contributed by atoms with Gasteiger partial charge in [-0.2, -0.15) is 0 Å². The van der Waals surface area contributed by atoms with Crippen LogP contribution in [0.5, 0.6) is 0 Å². The summed E-state index contributed by atoms with van der Waals surface area (Å²) in [5.41, 5.74) is 5.75. The molecule has 0 aromatic heterocycles. The Kier molecular flexibility index (Phi) is 10.6. The Morgan fingerprint density at radius 2 is 1.68 bits per heavy atom. The second kappa shape index (κ2) is 12.7. The van der Waals surface area contributed by atoms with Gasteiger partial charge in [0.05, 0.1) is 18.6 Å². The van der Waals surface area contributed by atoms with Crippen LogP contribution in [0.4, 0.5) is 4.79 Å². The number of hydrogen-bond acceptors (Lipinski definition) is 5. The predicted octanol–water partition coefficient (Wildman–Crippen LogP) is -0.417. The van der Waals surface area contributed by atoms with Crippen LogP contribution in [0.2, 0.25) is 0 Å². The molecule has 1 aromatic carbocycles. The molecule has 1 rings (SSSR count). The first-order valence-corrected chi connectivity index (χ1v) is 9.34. The van der Waals surface area contributed by atoms with Crippen LogP contribution in [-0.4, -0.2) is 59.9 Å². The minimum atomic E-state index is -1.02. The van der Waals surface area contributed by atoms with E-state index in [0.717, 1.165) is 12.8 Å². The zero-order valence-electron chi connectivity index (χ0n) is 16.1. The molecule has 9 heteroatoms. The van der Waals surface area contributed by atoms with E-state index >= 15 is 0 Å². The Labute approximate surface area is 164 Å². The molecule has 0 radical (unpaired) electrons. The van der Waals surface area contributed by atoms with Gasteiger partial charge in [-0.3, -0.25) is 9.59 Å². The fourth-order valence-corrected chi connectivity index (χ4v) is 2.63. The second-order valence-corrected chi connectivity index (χ2v) is 6.49. The SMILES string of the molecule is CCCCC(NC(N)=O)C(=O)NCC(O)CNC(=O)C(CO)c1ccccc1. The summed E-state index contributed by atoms with van der Waals surface area (Å²) in [4.78, 5) is 35.4. The van der Waals surface area contributed by atoms with Gasteiger partial charge in [0.25, 0.3) is 0 Å². The number of amides is 4. The number of benzene rings is 1. The Morgan fingerprint density at radius 3 is 2.21 bits per heavy atom. The number of aliphatic hydroxyl groups is 2. The van der Waals surface area contributed by atoms with Crippen molar-refractivity contribution >= 4 is 17.8 Å². The van der Waals surface area contributed by atoms with E-state index in [4.69, 9.17) is 5.73 Å². The molecule has 0 saturated heterocycles. The molecule has 0 aliphatic carbocycles. The van der Waals surface area contributed by atoms with Crippen LogP contribution < -0.4 is 21.7 Å². The summed E-state index contributed by atoms with van der Waals surface area (Å²) in [6, 6.07) is 7.26. The third-order valence-corrected chi connectivity index (χ3v) is 4.20. The van der Waals surface area contributed by atoms with Crippen molar-refractivity contribution in [2.75, 3.05) is 19.7 Å². The lowest BCUT2D eigenvalue weighted by Crippen LogP contribution is -2.50. The number of unbranched alkanes of at least 4 members (excludes halogenated alkanes) is 1. The summed E-state index contributed by atoms with van der Waals surface area (Å²) in [5.74, 6) is -1.60. The number of aliphatic hydroxyl groups excluding tert-OH is 2. The minimum absolute atomic E-state index is 0.0919. The highest BCUT2D eigenvalue weighted by molar-refractivity contribution is 5.86. The Morgan fingerprint density at radius 1 is 1.07 bits per heavy atom. The third kappa shape index (κ3) is 8.36. The first-order valence-electron chi connectivity index (χ1n) is 9.34. The number of rotatable bonds is 12. The standard InChI is InChI=1S/C19H30N4O5/c1-2-3-9-16(23-19(20)28)18(27)22-11-14(25)10-21-17(26)15(12-24)13-7-5-4-6-8-13/h4-8,14-16,24-25H,2-3,9-12H2,1H3,(H,21,26)(H,22,27)(H3,20,23,28). The fraction of sp³-hybridized carbons (Fsp3) is 0.526.